The summed E-state index contributed by atoms with van der Waals surface area (Å²) >= 11 is 9.18. The van der Waals surface area contributed by atoms with Crippen LogP contribution in [0.15, 0.2) is 40.9 Å². The van der Waals surface area contributed by atoms with E-state index < -0.39 is 0 Å². The summed E-state index contributed by atoms with van der Waals surface area (Å²) in [4.78, 5) is 0. The number of nitrogens with two attached hydrogens (primary N) is 1. The first kappa shape index (κ1) is 14.3. The molecule has 0 unspecified atom stereocenters. The van der Waals surface area contributed by atoms with Gasteiger partial charge < -0.3 is 10.5 Å². The molecule has 2 nitrogen and oxygen atoms in total. The Morgan fingerprint density at radius 2 is 2.00 bits per heavy atom. The van der Waals surface area contributed by atoms with E-state index in [1.807, 2.05) is 0 Å². The smallest absolute Gasteiger partial charge is 0.134 e. The summed E-state index contributed by atoms with van der Waals surface area (Å²) in [7, 11) is 0. The van der Waals surface area contributed by atoms with Crippen LogP contribution in [-0.4, -0.2) is 0 Å². The Hall–Kier alpha value is -1.10. The normalized spacial score (nSPS) is 10.5. The molecule has 0 atom stereocenters. The van der Waals surface area contributed by atoms with E-state index in [1.54, 1.807) is 30.3 Å². The molecular formula is C14H12BrClFNO. The van der Waals surface area contributed by atoms with Gasteiger partial charge in [0.15, 0.2) is 0 Å². The van der Waals surface area contributed by atoms with Crippen LogP contribution in [0.4, 0.5) is 4.39 Å². The second-order valence-electron chi connectivity index (χ2n) is 3.99. The quantitative estimate of drug-likeness (QED) is 0.898. The molecule has 0 fully saturated rings. The highest BCUT2D eigenvalue weighted by Crippen LogP contribution is 2.28. The van der Waals surface area contributed by atoms with Gasteiger partial charge in [-0.3, -0.25) is 0 Å². The number of ether oxygens (including phenoxy) is 1. The lowest BCUT2D eigenvalue weighted by Crippen LogP contribution is -2.02. The monoisotopic (exact) mass is 343 g/mol. The molecule has 0 amide bonds. The fraction of sp³-hybridized carbons (Fsp3) is 0.143. The Morgan fingerprint density at radius 1 is 1.21 bits per heavy atom. The molecule has 2 aromatic rings. The van der Waals surface area contributed by atoms with E-state index in [1.165, 1.54) is 6.07 Å². The first-order valence-corrected chi connectivity index (χ1v) is 6.82. The van der Waals surface area contributed by atoms with Crippen LogP contribution in [0, 0.1) is 5.82 Å². The lowest BCUT2D eigenvalue weighted by molar-refractivity contribution is 0.298. The Bertz CT molecular complexity index is 592. The van der Waals surface area contributed by atoms with Crippen LogP contribution in [-0.2, 0) is 13.2 Å². The van der Waals surface area contributed by atoms with Gasteiger partial charge in [-0.15, -0.1) is 0 Å². The van der Waals surface area contributed by atoms with E-state index >= 15 is 0 Å². The topological polar surface area (TPSA) is 35.2 Å². The highest BCUT2D eigenvalue weighted by atomic mass is 79.9. The molecule has 0 aliphatic heterocycles. The number of halogens is 3. The zero-order valence-electron chi connectivity index (χ0n) is 10.00. The lowest BCUT2D eigenvalue weighted by atomic mass is 10.1. The summed E-state index contributed by atoms with van der Waals surface area (Å²) in [6, 6.07) is 9.95. The van der Waals surface area contributed by atoms with Crippen LogP contribution >= 0.6 is 27.5 Å². The number of rotatable bonds is 4. The summed E-state index contributed by atoms with van der Waals surface area (Å²) in [6.07, 6.45) is 0. The predicted molar refractivity (Wildman–Crippen MR) is 77.8 cm³/mol. The number of hydrogen-bond acceptors (Lipinski definition) is 2. The molecule has 0 aliphatic rings. The van der Waals surface area contributed by atoms with Crippen molar-refractivity contribution in [1.29, 1.82) is 0 Å². The first-order valence-electron chi connectivity index (χ1n) is 5.65. The van der Waals surface area contributed by atoms with Crippen molar-refractivity contribution < 1.29 is 9.13 Å². The summed E-state index contributed by atoms with van der Waals surface area (Å²) in [5.74, 6) is 0.309. The highest BCUT2D eigenvalue weighted by molar-refractivity contribution is 9.10. The molecule has 0 heterocycles. The first-order chi connectivity index (χ1) is 9.10. The molecule has 0 aromatic heterocycles. The lowest BCUT2D eigenvalue weighted by Gasteiger charge is -2.10. The number of hydrogen-bond donors (Lipinski definition) is 1. The van der Waals surface area contributed by atoms with Crippen molar-refractivity contribution in [2.24, 2.45) is 5.73 Å². The van der Waals surface area contributed by atoms with Gasteiger partial charge in [0.2, 0.25) is 0 Å². The van der Waals surface area contributed by atoms with Gasteiger partial charge in [-0.05, 0) is 51.8 Å². The van der Waals surface area contributed by atoms with Gasteiger partial charge in [-0.1, -0.05) is 17.7 Å². The van der Waals surface area contributed by atoms with Gasteiger partial charge in [0, 0.05) is 17.1 Å². The van der Waals surface area contributed by atoms with Crippen LogP contribution < -0.4 is 10.5 Å². The largest absolute Gasteiger partial charge is 0.488 e. The Kier molecular flexibility index (Phi) is 4.80. The average molecular weight is 345 g/mol. The summed E-state index contributed by atoms with van der Waals surface area (Å²) in [5, 5.41) is 0.607. The van der Waals surface area contributed by atoms with Gasteiger partial charge in [0.25, 0.3) is 0 Å². The molecule has 0 radical (unpaired) electrons. The van der Waals surface area contributed by atoms with Crippen molar-refractivity contribution in [1.82, 2.24) is 0 Å². The van der Waals surface area contributed by atoms with Crippen molar-refractivity contribution >= 4 is 27.5 Å². The highest BCUT2D eigenvalue weighted by Gasteiger charge is 2.06. The zero-order valence-corrected chi connectivity index (χ0v) is 12.3. The maximum atomic E-state index is 13.6. The molecule has 100 valence electrons. The van der Waals surface area contributed by atoms with Gasteiger partial charge >= 0.3 is 0 Å². The van der Waals surface area contributed by atoms with Crippen molar-refractivity contribution in [2.75, 3.05) is 0 Å². The molecule has 0 spiro atoms. The van der Waals surface area contributed by atoms with Crippen LogP contribution in [0.2, 0.25) is 5.02 Å². The Morgan fingerprint density at radius 3 is 2.68 bits per heavy atom. The van der Waals surface area contributed by atoms with Crippen molar-refractivity contribution in [3.63, 3.8) is 0 Å². The minimum atomic E-state index is -0.303. The molecule has 2 rings (SSSR count). The van der Waals surface area contributed by atoms with Crippen LogP contribution in [0.1, 0.15) is 11.1 Å². The van der Waals surface area contributed by atoms with Crippen LogP contribution in [0.3, 0.4) is 0 Å². The molecule has 2 aromatic carbocycles. The Balaban J connectivity index is 2.14. The maximum Gasteiger partial charge on any atom is 0.134 e. The standard InChI is InChI=1S/C14H12BrClFNO/c15-12-6-11(16)2-4-14(12)19-8-10-5-9(7-18)1-3-13(10)17/h1-6H,7-8,18H2. The number of benzene rings is 2. The van der Waals surface area contributed by atoms with Gasteiger partial charge in [-0.25, -0.2) is 4.39 Å². The molecule has 2 N–H and O–H groups in total. The fourth-order valence-electron chi connectivity index (χ4n) is 1.61. The minimum Gasteiger partial charge on any atom is -0.488 e. The second kappa shape index (κ2) is 6.37. The fourth-order valence-corrected chi connectivity index (χ4v) is 2.41. The van der Waals surface area contributed by atoms with Crippen LogP contribution in [0.5, 0.6) is 5.75 Å². The van der Waals surface area contributed by atoms with Crippen molar-refractivity contribution in [2.45, 2.75) is 13.2 Å². The summed E-state index contributed by atoms with van der Waals surface area (Å²) in [5.41, 5.74) is 6.88. The van der Waals surface area contributed by atoms with E-state index in [0.717, 1.165) is 10.0 Å². The second-order valence-corrected chi connectivity index (χ2v) is 5.28. The maximum absolute atomic E-state index is 13.6. The molecule has 19 heavy (non-hydrogen) atoms. The van der Waals surface area contributed by atoms with Crippen molar-refractivity contribution in [3.05, 3.63) is 62.8 Å². The summed E-state index contributed by atoms with van der Waals surface area (Å²) in [6.45, 7) is 0.512. The van der Waals surface area contributed by atoms with E-state index in [2.05, 4.69) is 15.9 Å². The zero-order chi connectivity index (χ0) is 13.8. The van der Waals surface area contributed by atoms with E-state index in [4.69, 9.17) is 22.1 Å². The molecule has 0 bridgehead atoms. The third-order valence-electron chi connectivity index (χ3n) is 2.62. The molecule has 0 saturated carbocycles. The molecule has 0 aliphatic carbocycles. The average Bonchev–Trinajstić information content (AvgIpc) is 2.39. The third kappa shape index (κ3) is 3.69. The third-order valence-corrected chi connectivity index (χ3v) is 3.48. The van der Waals surface area contributed by atoms with E-state index in [9.17, 15) is 4.39 Å². The SMILES string of the molecule is NCc1ccc(F)c(COc2ccc(Cl)cc2Br)c1. The predicted octanol–water partition coefficient (Wildman–Crippen LogP) is 4.28. The van der Waals surface area contributed by atoms with Gasteiger partial charge in [0.05, 0.1) is 4.47 Å². The molecule has 0 saturated heterocycles. The Labute approximate surface area is 124 Å². The van der Waals surface area contributed by atoms with Crippen LogP contribution in [0.25, 0.3) is 0 Å². The van der Waals surface area contributed by atoms with Crippen molar-refractivity contribution in [3.8, 4) is 5.75 Å². The molecule has 5 heteroatoms. The van der Waals surface area contributed by atoms with E-state index in [-0.39, 0.29) is 12.4 Å². The van der Waals surface area contributed by atoms with E-state index in [0.29, 0.717) is 22.9 Å². The summed E-state index contributed by atoms with van der Waals surface area (Å²) < 4.78 is 19.9. The minimum absolute atomic E-state index is 0.139. The molecular weight excluding hydrogens is 333 g/mol. The van der Waals surface area contributed by atoms with Gasteiger partial charge in [0.1, 0.15) is 18.2 Å². The van der Waals surface area contributed by atoms with Gasteiger partial charge in [-0.2, -0.15) is 0 Å².